The van der Waals surface area contributed by atoms with Gasteiger partial charge in [0, 0.05) is 51.0 Å². The van der Waals surface area contributed by atoms with Gasteiger partial charge >= 0.3 is 0 Å². The van der Waals surface area contributed by atoms with Crippen LogP contribution in [0, 0.1) is 0 Å². The number of amides is 1. The molecule has 0 saturated carbocycles. The van der Waals surface area contributed by atoms with Crippen molar-refractivity contribution < 1.29 is 13.2 Å². The number of carbonyl (C=O) groups excluding carboxylic acids is 1. The van der Waals surface area contributed by atoms with E-state index in [2.05, 4.69) is 4.90 Å². The van der Waals surface area contributed by atoms with Crippen molar-refractivity contribution in [2.24, 2.45) is 5.73 Å². The van der Waals surface area contributed by atoms with Crippen molar-refractivity contribution in [2.45, 2.75) is 44.0 Å². The number of anilines is 1. The van der Waals surface area contributed by atoms with Crippen molar-refractivity contribution in [2.75, 3.05) is 44.2 Å². The molecule has 2 heterocycles. The van der Waals surface area contributed by atoms with E-state index in [1.54, 1.807) is 23.1 Å². The van der Waals surface area contributed by atoms with E-state index in [-0.39, 0.29) is 16.8 Å². The highest BCUT2D eigenvalue weighted by Gasteiger charge is 2.30. The lowest BCUT2D eigenvalue weighted by atomic mass is 10.1. The molecule has 1 aromatic carbocycles. The molecule has 2 aliphatic rings. The Labute approximate surface area is 162 Å². The van der Waals surface area contributed by atoms with E-state index in [0.717, 1.165) is 38.0 Å². The standard InChI is InChI=1S/C19H30N4O3S/c1-3-23(4-2)27(25,26)16-7-8-18(21-10-5-6-11-21)17(13-16)19(24)22-12-9-15(20)14-22/h7-8,13,15H,3-6,9-12,14,20H2,1-2H3/t15-/m1/s1. The lowest BCUT2D eigenvalue weighted by Crippen LogP contribution is -2.34. The van der Waals surface area contributed by atoms with Gasteiger partial charge in [0.25, 0.3) is 5.91 Å². The summed E-state index contributed by atoms with van der Waals surface area (Å²) in [5.41, 5.74) is 7.27. The molecule has 27 heavy (non-hydrogen) atoms. The van der Waals surface area contributed by atoms with Crippen LogP contribution in [0.3, 0.4) is 0 Å². The van der Waals surface area contributed by atoms with Crippen LogP contribution < -0.4 is 10.6 Å². The first-order chi connectivity index (χ1) is 12.9. The molecule has 0 spiro atoms. The molecule has 3 rings (SSSR count). The monoisotopic (exact) mass is 394 g/mol. The van der Waals surface area contributed by atoms with Gasteiger partial charge in [0.2, 0.25) is 10.0 Å². The van der Waals surface area contributed by atoms with E-state index in [4.69, 9.17) is 5.73 Å². The van der Waals surface area contributed by atoms with E-state index in [1.807, 2.05) is 13.8 Å². The number of carbonyl (C=O) groups is 1. The minimum atomic E-state index is -3.61. The molecule has 1 atom stereocenters. The van der Waals surface area contributed by atoms with Crippen molar-refractivity contribution in [3.05, 3.63) is 23.8 Å². The molecule has 0 bridgehead atoms. The minimum absolute atomic E-state index is 0.00761. The largest absolute Gasteiger partial charge is 0.371 e. The van der Waals surface area contributed by atoms with Crippen LogP contribution in [0.4, 0.5) is 5.69 Å². The predicted molar refractivity (Wildman–Crippen MR) is 106 cm³/mol. The Hall–Kier alpha value is -1.64. The number of sulfonamides is 1. The Bertz CT molecular complexity index is 786. The third kappa shape index (κ3) is 3.97. The Morgan fingerprint density at radius 2 is 1.85 bits per heavy atom. The molecule has 0 aromatic heterocycles. The third-order valence-corrected chi connectivity index (χ3v) is 7.55. The number of hydrogen-bond acceptors (Lipinski definition) is 5. The maximum Gasteiger partial charge on any atom is 0.256 e. The molecule has 0 unspecified atom stereocenters. The Balaban J connectivity index is 2.02. The van der Waals surface area contributed by atoms with Gasteiger partial charge in [-0.05, 0) is 37.5 Å². The van der Waals surface area contributed by atoms with Crippen molar-refractivity contribution in [3.63, 3.8) is 0 Å². The van der Waals surface area contributed by atoms with E-state index in [9.17, 15) is 13.2 Å². The van der Waals surface area contributed by atoms with Gasteiger partial charge < -0.3 is 15.5 Å². The predicted octanol–water partition coefficient (Wildman–Crippen LogP) is 1.49. The molecule has 7 nitrogen and oxygen atoms in total. The van der Waals surface area contributed by atoms with Gasteiger partial charge in [-0.25, -0.2) is 8.42 Å². The van der Waals surface area contributed by atoms with E-state index in [1.165, 1.54) is 4.31 Å². The van der Waals surface area contributed by atoms with Crippen LogP contribution in [-0.2, 0) is 10.0 Å². The lowest BCUT2D eigenvalue weighted by molar-refractivity contribution is 0.0791. The fraction of sp³-hybridized carbons (Fsp3) is 0.632. The summed E-state index contributed by atoms with van der Waals surface area (Å²) in [5.74, 6) is -0.124. The van der Waals surface area contributed by atoms with Crippen LogP contribution in [0.1, 0.15) is 43.5 Å². The van der Waals surface area contributed by atoms with Gasteiger partial charge in [-0.3, -0.25) is 4.79 Å². The van der Waals surface area contributed by atoms with Crippen LogP contribution in [-0.4, -0.2) is 68.8 Å². The second kappa shape index (κ2) is 8.16. The van der Waals surface area contributed by atoms with Gasteiger partial charge in [0.15, 0.2) is 0 Å². The summed E-state index contributed by atoms with van der Waals surface area (Å²) < 4.78 is 27.3. The van der Waals surface area contributed by atoms with Crippen molar-refractivity contribution in [1.82, 2.24) is 9.21 Å². The summed E-state index contributed by atoms with van der Waals surface area (Å²) in [4.78, 5) is 17.3. The van der Waals surface area contributed by atoms with E-state index >= 15 is 0 Å². The zero-order chi connectivity index (χ0) is 19.6. The average molecular weight is 395 g/mol. The number of benzene rings is 1. The summed E-state index contributed by atoms with van der Waals surface area (Å²) in [5, 5.41) is 0. The van der Waals surface area contributed by atoms with Crippen molar-refractivity contribution in [1.29, 1.82) is 0 Å². The smallest absolute Gasteiger partial charge is 0.256 e. The highest BCUT2D eigenvalue weighted by Crippen LogP contribution is 2.30. The van der Waals surface area contributed by atoms with Gasteiger partial charge in [0.1, 0.15) is 0 Å². The Morgan fingerprint density at radius 1 is 1.19 bits per heavy atom. The lowest BCUT2D eigenvalue weighted by Gasteiger charge is -2.25. The van der Waals surface area contributed by atoms with Crippen LogP contribution in [0.25, 0.3) is 0 Å². The molecule has 1 aromatic rings. The molecular formula is C19H30N4O3S. The summed E-state index contributed by atoms with van der Waals surface area (Å²) in [6.45, 7) is 7.35. The molecule has 8 heteroatoms. The van der Waals surface area contributed by atoms with Gasteiger partial charge in [-0.1, -0.05) is 13.8 Å². The van der Waals surface area contributed by atoms with Crippen LogP contribution in [0.5, 0.6) is 0 Å². The highest BCUT2D eigenvalue weighted by atomic mass is 32.2. The van der Waals surface area contributed by atoms with Crippen LogP contribution in [0.2, 0.25) is 0 Å². The number of nitrogens with two attached hydrogens (primary N) is 1. The van der Waals surface area contributed by atoms with Crippen LogP contribution in [0.15, 0.2) is 23.1 Å². The summed E-state index contributed by atoms with van der Waals surface area (Å²) in [7, 11) is -3.61. The fourth-order valence-electron chi connectivity index (χ4n) is 3.94. The van der Waals surface area contributed by atoms with Gasteiger partial charge in [-0.15, -0.1) is 0 Å². The normalized spacial score (nSPS) is 20.7. The maximum atomic E-state index is 13.2. The zero-order valence-electron chi connectivity index (χ0n) is 16.2. The van der Waals surface area contributed by atoms with Gasteiger partial charge in [0.05, 0.1) is 10.5 Å². The minimum Gasteiger partial charge on any atom is -0.371 e. The van der Waals surface area contributed by atoms with Crippen molar-refractivity contribution in [3.8, 4) is 0 Å². The van der Waals surface area contributed by atoms with Crippen LogP contribution >= 0.6 is 0 Å². The number of nitrogens with zero attached hydrogens (tertiary/aromatic N) is 3. The number of likely N-dealkylation sites (tertiary alicyclic amines) is 1. The molecule has 150 valence electrons. The highest BCUT2D eigenvalue weighted by molar-refractivity contribution is 7.89. The van der Waals surface area contributed by atoms with E-state index in [0.29, 0.717) is 31.7 Å². The first kappa shape index (κ1) is 20.1. The summed E-state index contributed by atoms with van der Waals surface area (Å²) in [6, 6.07) is 4.98. The Morgan fingerprint density at radius 3 is 2.41 bits per heavy atom. The molecular weight excluding hydrogens is 364 g/mol. The quantitative estimate of drug-likeness (QED) is 0.790. The molecule has 2 aliphatic heterocycles. The molecule has 0 aliphatic carbocycles. The fourth-order valence-corrected chi connectivity index (χ4v) is 5.42. The summed E-state index contributed by atoms with van der Waals surface area (Å²) >= 11 is 0. The topological polar surface area (TPSA) is 87.0 Å². The van der Waals surface area contributed by atoms with Crippen molar-refractivity contribution >= 4 is 21.6 Å². The zero-order valence-corrected chi connectivity index (χ0v) is 17.0. The van der Waals surface area contributed by atoms with Gasteiger partial charge in [-0.2, -0.15) is 4.31 Å². The molecule has 2 saturated heterocycles. The first-order valence-corrected chi connectivity index (χ1v) is 11.3. The molecule has 1 amide bonds. The Kier molecular flexibility index (Phi) is 6.08. The summed E-state index contributed by atoms with van der Waals surface area (Å²) in [6.07, 6.45) is 2.95. The molecule has 2 N–H and O–H groups in total. The number of hydrogen-bond donors (Lipinski definition) is 1. The third-order valence-electron chi connectivity index (χ3n) is 5.50. The SMILES string of the molecule is CCN(CC)S(=O)(=O)c1ccc(N2CCCC2)c(C(=O)N2CC[C@@H](N)C2)c1. The molecule has 0 radical (unpaired) electrons. The second-order valence-corrected chi connectivity index (χ2v) is 9.20. The first-order valence-electron chi connectivity index (χ1n) is 9.82. The average Bonchev–Trinajstić information content (AvgIpc) is 3.33. The number of rotatable bonds is 6. The van der Waals surface area contributed by atoms with E-state index < -0.39 is 10.0 Å². The molecule has 2 fully saturated rings. The maximum absolute atomic E-state index is 13.2. The second-order valence-electron chi connectivity index (χ2n) is 7.26.